The average Bonchev–Trinajstić information content (AvgIpc) is 2.35. The Balaban J connectivity index is 2.11. The molecule has 0 aromatic heterocycles. The highest BCUT2D eigenvalue weighted by molar-refractivity contribution is 6.31. The number of nitrogen functional groups attached to an aromatic ring is 1. The number of ether oxygens (including phenoxy) is 1. The summed E-state index contributed by atoms with van der Waals surface area (Å²) < 4.78 is 5.62. The Bertz CT molecular complexity index is 321. The van der Waals surface area contributed by atoms with E-state index in [0.29, 0.717) is 17.3 Å². The first kappa shape index (κ1) is 15.3. The zero-order chi connectivity index (χ0) is 13.2. The van der Waals surface area contributed by atoms with Gasteiger partial charge in [0, 0.05) is 22.9 Å². The molecule has 102 valence electrons. The van der Waals surface area contributed by atoms with Crippen LogP contribution in [-0.4, -0.2) is 6.61 Å². The summed E-state index contributed by atoms with van der Waals surface area (Å²) in [5, 5.41) is 0.693. The zero-order valence-electron chi connectivity index (χ0n) is 11.3. The van der Waals surface area contributed by atoms with Gasteiger partial charge < -0.3 is 10.5 Å². The molecule has 0 unspecified atom stereocenters. The van der Waals surface area contributed by atoms with Crippen LogP contribution in [0.5, 0.6) is 0 Å². The molecule has 0 aliphatic heterocycles. The number of benzene rings is 1. The van der Waals surface area contributed by atoms with Crippen molar-refractivity contribution >= 4 is 17.3 Å². The molecule has 0 bridgehead atoms. The summed E-state index contributed by atoms with van der Waals surface area (Å²) in [6.45, 7) is 3.54. The van der Waals surface area contributed by atoms with Gasteiger partial charge in [0.1, 0.15) is 0 Å². The minimum atomic E-state index is 0.514. The quantitative estimate of drug-likeness (QED) is 0.516. The van der Waals surface area contributed by atoms with E-state index in [1.165, 1.54) is 32.1 Å². The molecular weight excluding hydrogens is 246 g/mol. The summed E-state index contributed by atoms with van der Waals surface area (Å²) in [4.78, 5) is 0. The Morgan fingerprint density at radius 1 is 1.11 bits per heavy atom. The largest absolute Gasteiger partial charge is 0.398 e. The number of rotatable bonds is 9. The molecule has 0 fully saturated rings. The predicted molar refractivity (Wildman–Crippen MR) is 78.9 cm³/mol. The molecule has 1 rings (SSSR count). The van der Waals surface area contributed by atoms with Gasteiger partial charge in [-0.05, 0) is 18.6 Å². The Kier molecular flexibility index (Phi) is 7.86. The van der Waals surface area contributed by atoms with Crippen LogP contribution in [0.4, 0.5) is 5.69 Å². The van der Waals surface area contributed by atoms with Gasteiger partial charge in [0.05, 0.1) is 6.61 Å². The molecule has 1 aromatic rings. The molecule has 0 radical (unpaired) electrons. The minimum Gasteiger partial charge on any atom is -0.398 e. The molecule has 18 heavy (non-hydrogen) atoms. The second kappa shape index (κ2) is 9.23. The lowest BCUT2D eigenvalue weighted by molar-refractivity contribution is 0.117. The first-order chi connectivity index (χ1) is 8.75. The van der Waals surface area contributed by atoms with Crippen LogP contribution in [0.25, 0.3) is 0 Å². The van der Waals surface area contributed by atoms with E-state index in [1.54, 1.807) is 0 Å². The van der Waals surface area contributed by atoms with Gasteiger partial charge in [-0.1, -0.05) is 56.7 Å². The summed E-state index contributed by atoms with van der Waals surface area (Å²) >= 11 is 6.07. The molecule has 0 amide bonds. The van der Waals surface area contributed by atoms with E-state index in [-0.39, 0.29) is 0 Å². The topological polar surface area (TPSA) is 35.2 Å². The SMILES string of the molecule is CCCCCCCCOCc1c(N)cccc1Cl. The van der Waals surface area contributed by atoms with Gasteiger partial charge in [0.2, 0.25) is 0 Å². The summed E-state index contributed by atoms with van der Waals surface area (Å²) in [6.07, 6.45) is 7.66. The van der Waals surface area contributed by atoms with Crippen LogP contribution in [-0.2, 0) is 11.3 Å². The summed E-state index contributed by atoms with van der Waals surface area (Å²) in [5.41, 5.74) is 7.47. The second-order valence-corrected chi connectivity index (χ2v) is 5.04. The van der Waals surface area contributed by atoms with Gasteiger partial charge in [0.25, 0.3) is 0 Å². The molecule has 2 N–H and O–H groups in total. The third-order valence-electron chi connectivity index (χ3n) is 3.04. The van der Waals surface area contributed by atoms with E-state index in [1.807, 2.05) is 18.2 Å². The summed E-state index contributed by atoms with van der Waals surface area (Å²) in [6, 6.07) is 5.56. The highest BCUT2D eigenvalue weighted by Crippen LogP contribution is 2.22. The predicted octanol–water partition coefficient (Wildman–Crippen LogP) is 4.80. The molecule has 0 aliphatic rings. The molecule has 0 atom stereocenters. The number of hydrogen-bond donors (Lipinski definition) is 1. The fraction of sp³-hybridized carbons (Fsp3) is 0.600. The maximum Gasteiger partial charge on any atom is 0.0751 e. The highest BCUT2D eigenvalue weighted by Gasteiger charge is 2.03. The minimum absolute atomic E-state index is 0.514. The van der Waals surface area contributed by atoms with Crippen LogP contribution in [0.1, 0.15) is 51.0 Å². The first-order valence-corrected chi connectivity index (χ1v) is 7.24. The maximum atomic E-state index is 6.07. The van der Waals surface area contributed by atoms with Crippen molar-refractivity contribution in [2.24, 2.45) is 0 Å². The van der Waals surface area contributed by atoms with E-state index >= 15 is 0 Å². The highest BCUT2D eigenvalue weighted by atomic mass is 35.5. The van der Waals surface area contributed by atoms with Gasteiger partial charge >= 0.3 is 0 Å². The second-order valence-electron chi connectivity index (χ2n) is 4.63. The van der Waals surface area contributed by atoms with Gasteiger partial charge in [-0.2, -0.15) is 0 Å². The van der Waals surface area contributed by atoms with Crippen molar-refractivity contribution in [1.82, 2.24) is 0 Å². The number of anilines is 1. The molecule has 0 heterocycles. The molecule has 2 nitrogen and oxygen atoms in total. The molecule has 3 heteroatoms. The van der Waals surface area contributed by atoms with Crippen molar-refractivity contribution in [2.45, 2.75) is 52.1 Å². The molecule has 0 spiro atoms. The fourth-order valence-corrected chi connectivity index (χ4v) is 2.12. The van der Waals surface area contributed by atoms with E-state index in [4.69, 9.17) is 22.1 Å². The third kappa shape index (κ3) is 5.74. The first-order valence-electron chi connectivity index (χ1n) is 6.86. The Labute approximate surface area is 115 Å². The van der Waals surface area contributed by atoms with Crippen LogP contribution in [0.3, 0.4) is 0 Å². The Morgan fingerprint density at radius 3 is 2.56 bits per heavy atom. The molecule has 0 saturated heterocycles. The number of halogens is 1. The van der Waals surface area contributed by atoms with E-state index in [2.05, 4.69) is 6.92 Å². The van der Waals surface area contributed by atoms with Gasteiger partial charge in [-0.25, -0.2) is 0 Å². The van der Waals surface area contributed by atoms with Crippen LogP contribution < -0.4 is 5.73 Å². The van der Waals surface area contributed by atoms with Crippen LogP contribution in [0, 0.1) is 0 Å². The molecule has 0 aliphatic carbocycles. The summed E-state index contributed by atoms with van der Waals surface area (Å²) in [5.74, 6) is 0. The van der Waals surface area contributed by atoms with E-state index in [0.717, 1.165) is 18.6 Å². The zero-order valence-corrected chi connectivity index (χ0v) is 12.0. The van der Waals surface area contributed by atoms with Crippen LogP contribution in [0.15, 0.2) is 18.2 Å². The maximum absolute atomic E-state index is 6.07. The van der Waals surface area contributed by atoms with E-state index in [9.17, 15) is 0 Å². The fourth-order valence-electron chi connectivity index (χ4n) is 1.89. The lowest BCUT2D eigenvalue weighted by Gasteiger charge is -2.08. The monoisotopic (exact) mass is 269 g/mol. The average molecular weight is 270 g/mol. The van der Waals surface area contributed by atoms with Crippen molar-refractivity contribution < 1.29 is 4.74 Å². The van der Waals surface area contributed by atoms with E-state index < -0.39 is 0 Å². The Morgan fingerprint density at radius 2 is 1.83 bits per heavy atom. The van der Waals surface area contributed by atoms with Crippen LogP contribution >= 0.6 is 11.6 Å². The normalized spacial score (nSPS) is 10.8. The number of nitrogens with two attached hydrogens (primary N) is 1. The molecule has 0 saturated carbocycles. The Hall–Kier alpha value is -0.730. The lowest BCUT2D eigenvalue weighted by Crippen LogP contribution is -2.00. The third-order valence-corrected chi connectivity index (χ3v) is 3.40. The smallest absolute Gasteiger partial charge is 0.0751 e. The standard InChI is InChI=1S/C15H24ClNO/c1-2-3-4-5-6-7-11-18-12-13-14(16)9-8-10-15(13)17/h8-10H,2-7,11-12,17H2,1H3. The molecular formula is C15H24ClNO. The number of hydrogen-bond acceptors (Lipinski definition) is 2. The van der Waals surface area contributed by atoms with Crippen LogP contribution in [0.2, 0.25) is 5.02 Å². The van der Waals surface area contributed by atoms with Crippen molar-refractivity contribution in [3.05, 3.63) is 28.8 Å². The molecule has 1 aromatic carbocycles. The lowest BCUT2D eigenvalue weighted by atomic mass is 10.1. The van der Waals surface area contributed by atoms with Crippen molar-refractivity contribution in [3.63, 3.8) is 0 Å². The summed E-state index contributed by atoms with van der Waals surface area (Å²) in [7, 11) is 0. The van der Waals surface area contributed by atoms with Crippen molar-refractivity contribution in [2.75, 3.05) is 12.3 Å². The van der Waals surface area contributed by atoms with Crippen molar-refractivity contribution in [1.29, 1.82) is 0 Å². The van der Waals surface area contributed by atoms with Crippen molar-refractivity contribution in [3.8, 4) is 0 Å². The number of unbranched alkanes of at least 4 members (excludes halogenated alkanes) is 5. The van der Waals surface area contributed by atoms with Gasteiger partial charge in [0.15, 0.2) is 0 Å². The van der Waals surface area contributed by atoms with Gasteiger partial charge in [-0.15, -0.1) is 0 Å². The van der Waals surface area contributed by atoms with Gasteiger partial charge in [-0.3, -0.25) is 0 Å².